The molecule has 114 valence electrons. The normalized spacial score (nSPS) is 18.1. The summed E-state index contributed by atoms with van der Waals surface area (Å²) in [7, 11) is 0. The van der Waals surface area contributed by atoms with Gasteiger partial charge in [0.1, 0.15) is 4.99 Å². The number of thiocarbonyl (C=S) groups is 1. The highest BCUT2D eigenvalue weighted by atomic mass is 32.1. The van der Waals surface area contributed by atoms with Crippen LogP contribution in [0.3, 0.4) is 0 Å². The molecule has 1 amide bonds. The number of hydrogen-bond acceptors (Lipinski definition) is 2. The van der Waals surface area contributed by atoms with Gasteiger partial charge in [0.15, 0.2) is 0 Å². The Morgan fingerprint density at radius 2 is 1.90 bits per heavy atom. The van der Waals surface area contributed by atoms with Crippen molar-refractivity contribution in [2.75, 3.05) is 13.1 Å². The molecule has 1 aromatic carbocycles. The molecule has 2 N–H and O–H groups in total. The van der Waals surface area contributed by atoms with Gasteiger partial charge in [0.05, 0.1) is 6.42 Å². The molecule has 3 nitrogen and oxygen atoms in total. The van der Waals surface area contributed by atoms with E-state index in [1.807, 2.05) is 29.2 Å². The summed E-state index contributed by atoms with van der Waals surface area (Å²) in [5, 5.41) is 0. The minimum absolute atomic E-state index is 0.218. The van der Waals surface area contributed by atoms with Gasteiger partial charge in [-0.1, -0.05) is 50.3 Å². The summed E-state index contributed by atoms with van der Waals surface area (Å²) >= 11 is 4.93. The van der Waals surface area contributed by atoms with Crippen LogP contribution in [0.1, 0.15) is 44.2 Å². The van der Waals surface area contributed by atoms with E-state index in [0.717, 1.165) is 37.1 Å². The number of carbonyl (C=O) groups excluding carboxylic acids is 1. The molecule has 1 aliphatic rings. The van der Waals surface area contributed by atoms with Gasteiger partial charge < -0.3 is 10.6 Å². The lowest BCUT2D eigenvalue weighted by atomic mass is 9.85. The lowest BCUT2D eigenvalue weighted by Crippen LogP contribution is -2.33. The highest BCUT2D eigenvalue weighted by Crippen LogP contribution is 2.29. The predicted octanol–water partition coefficient (Wildman–Crippen LogP) is 2.90. The Balaban J connectivity index is 1.96. The SMILES string of the molecule is CC1(C)CCCN(C(=O)Cc2ccc(C(N)=S)cc2)CC1. The highest BCUT2D eigenvalue weighted by Gasteiger charge is 2.25. The maximum atomic E-state index is 12.4. The molecule has 1 fully saturated rings. The lowest BCUT2D eigenvalue weighted by molar-refractivity contribution is -0.130. The average molecular weight is 304 g/mol. The van der Waals surface area contributed by atoms with E-state index in [2.05, 4.69) is 13.8 Å². The molecule has 0 bridgehead atoms. The van der Waals surface area contributed by atoms with E-state index in [4.69, 9.17) is 18.0 Å². The van der Waals surface area contributed by atoms with Crippen molar-refractivity contribution in [3.05, 3.63) is 35.4 Å². The molecule has 0 saturated carbocycles. The zero-order valence-corrected chi connectivity index (χ0v) is 13.7. The quantitative estimate of drug-likeness (QED) is 0.873. The van der Waals surface area contributed by atoms with Crippen LogP contribution >= 0.6 is 12.2 Å². The van der Waals surface area contributed by atoms with Crippen LogP contribution in [0.5, 0.6) is 0 Å². The van der Waals surface area contributed by atoms with Crippen LogP contribution < -0.4 is 5.73 Å². The van der Waals surface area contributed by atoms with Gasteiger partial charge in [-0.25, -0.2) is 0 Å². The first-order chi connectivity index (χ1) is 9.87. The van der Waals surface area contributed by atoms with Gasteiger partial charge in [0, 0.05) is 18.7 Å². The van der Waals surface area contributed by atoms with Crippen molar-refractivity contribution in [3.63, 3.8) is 0 Å². The Bertz CT molecular complexity index is 522. The highest BCUT2D eigenvalue weighted by molar-refractivity contribution is 7.80. The van der Waals surface area contributed by atoms with Gasteiger partial charge in [0.2, 0.25) is 5.91 Å². The van der Waals surface area contributed by atoms with Crippen LogP contribution in [-0.2, 0) is 11.2 Å². The van der Waals surface area contributed by atoms with Crippen LogP contribution in [0.2, 0.25) is 0 Å². The molecular formula is C17H24N2OS. The number of hydrogen-bond donors (Lipinski definition) is 1. The van der Waals surface area contributed by atoms with E-state index in [1.54, 1.807) is 0 Å². The van der Waals surface area contributed by atoms with Crippen molar-refractivity contribution in [1.29, 1.82) is 0 Å². The Labute approximate surface area is 132 Å². The Kier molecular flexibility index (Phi) is 4.99. The zero-order chi connectivity index (χ0) is 15.5. The first-order valence-electron chi connectivity index (χ1n) is 7.54. The van der Waals surface area contributed by atoms with Crippen LogP contribution in [0.4, 0.5) is 0 Å². The van der Waals surface area contributed by atoms with E-state index in [1.165, 1.54) is 6.42 Å². The fourth-order valence-electron chi connectivity index (χ4n) is 2.75. The molecule has 1 heterocycles. The molecule has 0 spiro atoms. The van der Waals surface area contributed by atoms with Crippen molar-refractivity contribution in [1.82, 2.24) is 4.90 Å². The first-order valence-corrected chi connectivity index (χ1v) is 7.95. The second kappa shape index (κ2) is 6.56. The molecule has 4 heteroatoms. The van der Waals surface area contributed by atoms with Gasteiger partial charge in [-0.15, -0.1) is 0 Å². The fraction of sp³-hybridized carbons (Fsp3) is 0.529. The van der Waals surface area contributed by atoms with Crippen molar-refractivity contribution in [2.24, 2.45) is 11.1 Å². The third-order valence-corrected chi connectivity index (χ3v) is 4.52. The third kappa shape index (κ3) is 4.53. The number of rotatable bonds is 3. The van der Waals surface area contributed by atoms with Gasteiger partial charge >= 0.3 is 0 Å². The number of nitrogens with zero attached hydrogens (tertiary/aromatic N) is 1. The van der Waals surface area contributed by atoms with Crippen LogP contribution in [0.15, 0.2) is 24.3 Å². The van der Waals surface area contributed by atoms with E-state index in [9.17, 15) is 4.79 Å². The monoisotopic (exact) mass is 304 g/mol. The molecule has 1 aromatic rings. The third-order valence-electron chi connectivity index (χ3n) is 4.29. The number of amides is 1. The average Bonchev–Trinajstić information content (AvgIpc) is 2.60. The summed E-state index contributed by atoms with van der Waals surface area (Å²) in [6.45, 7) is 6.33. The molecule has 21 heavy (non-hydrogen) atoms. The van der Waals surface area contributed by atoms with Crippen molar-refractivity contribution in [3.8, 4) is 0 Å². The summed E-state index contributed by atoms with van der Waals surface area (Å²) in [6, 6.07) is 7.65. The van der Waals surface area contributed by atoms with E-state index >= 15 is 0 Å². The minimum atomic E-state index is 0.218. The largest absolute Gasteiger partial charge is 0.389 e. The Hall–Kier alpha value is -1.42. The lowest BCUT2D eigenvalue weighted by Gasteiger charge is -2.23. The first kappa shape index (κ1) is 16.0. The molecule has 0 unspecified atom stereocenters. The number of nitrogens with two attached hydrogens (primary N) is 1. The fourth-order valence-corrected chi connectivity index (χ4v) is 2.88. The number of likely N-dealkylation sites (tertiary alicyclic amines) is 1. The topological polar surface area (TPSA) is 46.3 Å². The molecule has 0 radical (unpaired) electrons. The van der Waals surface area contributed by atoms with E-state index < -0.39 is 0 Å². The molecule has 0 atom stereocenters. The van der Waals surface area contributed by atoms with Gasteiger partial charge in [0.25, 0.3) is 0 Å². The number of carbonyl (C=O) groups is 1. The Morgan fingerprint density at radius 1 is 1.24 bits per heavy atom. The van der Waals surface area contributed by atoms with Crippen molar-refractivity contribution in [2.45, 2.75) is 39.5 Å². The maximum absolute atomic E-state index is 12.4. The molecule has 1 aliphatic heterocycles. The summed E-state index contributed by atoms with van der Waals surface area (Å²) in [6.07, 6.45) is 3.83. The standard InChI is InChI=1S/C17H24N2OS/c1-17(2)8-3-10-19(11-9-17)15(20)12-13-4-6-14(7-5-13)16(18)21/h4-7H,3,8-12H2,1-2H3,(H2,18,21). The van der Waals surface area contributed by atoms with E-state index in [0.29, 0.717) is 16.8 Å². The summed E-state index contributed by atoms with van der Waals surface area (Å²) in [4.78, 5) is 14.8. The molecular weight excluding hydrogens is 280 g/mol. The molecule has 0 aromatic heterocycles. The van der Waals surface area contributed by atoms with Gasteiger partial charge in [-0.05, 0) is 30.2 Å². The summed E-state index contributed by atoms with van der Waals surface area (Å²) in [5.41, 5.74) is 7.80. The second-order valence-electron chi connectivity index (χ2n) is 6.64. The van der Waals surface area contributed by atoms with Gasteiger partial charge in [-0.2, -0.15) is 0 Å². The van der Waals surface area contributed by atoms with Crippen LogP contribution in [0, 0.1) is 5.41 Å². The predicted molar refractivity (Wildman–Crippen MR) is 90.2 cm³/mol. The summed E-state index contributed by atoms with van der Waals surface area (Å²) < 4.78 is 0. The maximum Gasteiger partial charge on any atom is 0.226 e. The zero-order valence-electron chi connectivity index (χ0n) is 12.9. The molecule has 2 rings (SSSR count). The van der Waals surface area contributed by atoms with Crippen LogP contribution in [-0.4, -0.2) is 28.9 Å². The second-order valence-corrected chi connectivity index (χ2v) is 7.08. The molecule has 0 aliphatic carbocycles. The van der Waals surface area contributed by atoms with Crippen LogP contribution in [0.25, 0.3) is 0 Å². The van der Waals surface area contributed by atoms with Crippen molar-refractivity contribution < 1.29 is 4.79 Å². The minimum Gasteiger partial charge on any atom is -0.389 e. The van der Waals surface area contributed by atoms with E-state index in [-0.39, 0.29) is 5.91 Å². The van der Waals surface area contributed by atoms with Crippen molar-refractivity contribution >= 4 is 23.1 Å². The molecule has 1 saturated heterocycles. The Morgan fingerprint density at radius 3 is 2.52 bits per heavy atom. The summed E-state index contributed by atoms with van der Waals surface area (Å²) in [5.74, 6) is 0.218. The smallest absolute Gasteiger partial charge is 0.226 e. The number of benzene rings is 1. The van der Waals surface area contributed by atoms with Gasteiger partial charge in [-0.3, -0.25) is 4.79 Å².